The third-order valence-corrected chi connectivity index (χ3v) is 6.84. The van der Waals surface area contributed by atoms with Crippen molar-refractivity contribution in [2.45, 2.75) is 19.3 Å². The Labute approximate surface area is 178 Å². The van der Waals surface area contributed by atoms with Gasteiger partial charge in [0, 0.05) is 20.7 Å². The van der Waals surface area contributed by atoms with Crippen LogP contribution in [0.2, 0.25) is 0 Å². The highest BCUT2D eigenvalue weighted by atomic mass is 79.9. The highest BCUT2D eigenvalue weighted by Gasteiger charge is 2.35. The summed E-state index contributed by atoms with van der Waals surface area (Å²) >= 11 is 3.59. The Morgan fingerprint density at radius 3 is 2.17 bits per heavy atom. The molecule has 0 N–H and O–H groups in total. The van der Waals surface area contributed by atoms with E-state index < -0.39 is 0 Å². The van der Waals surface area contributed by atoms with Crippen molar-refractivity contribution < 1.29 is 4.42 Å². The predicted molar refractivity (Wildman–Crippen MR) is 124 cm³/mol. The summed E-state index contributed by atoms with van der Waals surface area (Å²) in [6.07, 6.45) is 0. The minimum atomic E-state index is 0.0131. The van der Waals surface area contributed by atoms with Crippen LogP contribution in [0.15, 0.2) is 87.8 Å². The van der Waals surface area contributed by atoms with Crippen molar-refractivity contribution >= 4 is 37.9 Å². The van der Waals surface area contributed by atoms with Gasteiger partial charge in [-0.25, -0.2) is 0 Å². The van der Waals surface area contributed by atoms with E-state index in [4.69, 9.17) is 4.42 Å². The van der Waals surface area contributed by atoms with Gasteiger partial charge in [-0.1, -0.05) is 72.2 Å². The van der Waals surface area contributed by atoms with Crippen LogP contribution in [0.25, 0.3) is 44.2 Å². The lowest BCUT2D eigenvalue weighted by Gasteiger charge is -2.22. The summed E-state index contributed by atoms with van der Waals surface area (Å²) in [5, 5.41) is 2.30. The molecule has 0 saturated carbocycles. The minimum Gasteiger partial charge on any atom is -0.456 e. The number of furan rings is 1. The Balaban J connectivity index is 1.55. The SMILES string of the molecule is CC1(C)c2ccccc2-c2ccc(-c3ccc4oc5ccc(Br)cc5c4c3)cc21. The van der Waals surface area contributed by atoms with E-state index in [1.54, 1.807) is 0 Å². The number of hydrogen-bond acceptors (Lipinski definition) is 1. The van der Waals surface area contributed by atoms with Gasteiger partial charge in [-0.15, -0.1) is 0 Å². The highest BCUT2D eigenvalue weighted by Crippen LogP contribution is 2.49. The summed E-state index contributed by atoms with van der Waals surface area (Å²) in [6, 6.07) is 28.4. The maximum atomic E-state index is 6.03. The first-order valence-corrected chi connectivity index (χ1v) is 10.7. The molecule has 0 unspecified atom stereocenters. The fourth-order valence-electron chi connectivity index (χ4n) is 4.81. The third kappa shape index (κ3) is 2.39. The number of rotatable bonds is 1. The molecule has 0 bridgehead atoms. The average molecular weight is 439 g/mol. The van der Waals surface area contributed by atoms with E-state index >= 15 is 0 Å². The van der Waals surface area contributed by atoms with Crippen LogP contribution in [0.1, 0.15) is 25.0 Å². The quantitative estimate of drug-likeness (QED) is 0.256. The molecule has 6 rings (SSSR count). The van der Waals surface area contributed by atoms with E-state index in [9.17, 15) is 0 Å². The molecule has 0 fully saturated rings. The van der Waals surface area contributed by atoms with E-state index in [0.717, 1.165) is 26.4 Å². The molecule has 140 valence electrons. The molecule has 1 nitrogen and oxygen atoms in total. The molecule has 1 aliphatic rings. The molecule has 1 aliphatic carbocycles. The maximum Gasteiger partial charge on any atom is 0.135 e. The Morgan fingerprint density at radius 2 is 1.31 bits per heavy atom. The highest BCUT2D eigenvalue weighted by molar-refractivity contribution is 9.10. The largest absolute Gasteiger partial charge is 0.456 e. The van der Waals surface area contributed by atoms with Crippen LogP contribution in [0.3, 0.4) is 0 Å². The Hall–Kier alpha value is -2.84. The van der Waals surface area contributed by atoms with E-state index in [-0.39, 0.29) is 5.41 Å². The van der Waals surface area contributed by atoms with Gasteiger partial charge in [0.1, 0.15) is 11.2 Å². The molecule has 29 heavy (non-hydrogen) atoms. The molecule has 0 radical (unpaired) electrons. The van der Waals surface area contributed by atoms with Crippen molar-refractivity contribution in [1.29, 1.82) is 0 Å². The van der Waals surface area contributed by atoms with Crippen LogP contribution in [0.5, 0.6) is 0 Å². The first-order chi connectivity index (χ1) is 14.0. The lowest BCUT2D eigenvalue weighted by atomic mass is 9.81. The minimum absolute atomic E-state index is 0.0131. The van der Waals surface area contributed by atoms with Crippen molar-refractivity contribution in [3.05, 3.63) is 94.5 Å². The predicted octanol–water partition coefficient (Wildman–Crippen LogP) is 8.32. The van der Waals surface area contributed by atoms with Crippen LogP contribution < -0.4 is 0 Å². The van der Waals surface area contributed by atoms with Gasteiger partial charge in [-0.2, -0.15) is 0 Å². The van der Waals surface area contributed by atoms with E-state index in [2.05, 4.69) is 96.5 Å². The third-order valence-electron chi connectivity index (χ3n) is 6.35. The number of hydrogen-bond donors (Lipinski definition) is 0. The molecule has 2 heteroatoms. The summed E-state index contributed by atoms with van der Waals surface area (Å²) in [5.74, 6) is 0. The Morgan fingerprint density at radius 1 is 0.655 bits per heavy atom. The van der Waals surface area contributed by atoms with Gasteiger partial charge in [0.2, 0.25) is 0 Å². The molecule has 0 amide bonds. The molecule has 1 heterocycles. The summed E-state index contributed by atoms with van der Waals surface area (Å²) in [4.78, 5) is 0. The Kier molecular flexibility index (Phi) is 3.43. The van der Waals surface area contributed by atoms with Crippen molar-refractivity contribution in [3.63, 3.8) is 0 Å². The van der Waals surface area contributed by atoms with Crippen molar-refractivity contribution in [3.8, 4) is 22.3 Å². The van der Waals surface area contributed by atoms with Crippen molar-refractivity contribution in [2.75, 3.05) is 0 Å². The normalized spacial score (nSPS) is 14.3. The van der Waals surface area contributed by atoms with E-state index in [1.165, 1.54) is 33.4 Å². The summed E-state index contributed by atoms with van der Waals surface area (Å²) in [6.45, 7) is 4.65. The summed E-state index contributed by atoms with van der Waals surface area (Å²) < 4.78 is 7.09. The maximum absolute atomic E-state index is 6.03. The number of fused-ring (bicyclic) bond motifs is 6. The van der Waals surface area contributed by atoms with Gasteiger partial charge in [-0.3, -0.25) is 0 Å². The molecule has 0 atom stereocenters. The average Bonchev–Trinajstić information content (AvgIpc) is 3.20. The summed E-state index contributed by atoms with van der Waals surface area (Å²) in [5.41, 5.74) is 9.85. The van der Waals surface area contributed by atoms with Crippen LogP contribution in [0, 0.1) is 0 Å². The molecule has 4 aromatic carbocycles. The van der Waals surface area contributed by atoms with Gasteiger partial charge in [-0.05, 0) is 69.8 Å². The number of benzene rings is 4. The van der Waals surface area contributed by atoms with Crippen LogP contribution in [-0.2, 0) is 5.41 Å². The molecule has 0 saturated heterocycles. The van der Waals surface area contributed by atoms with Gasteiger partial charge >= 0.3 is 0 Å². The van der Waals surface area contributed by atoms with Crippen LogP contribution >= 0.6 is 15.9 Å². The van der Waals surface area contributed by atoms with Gasteiger partial charge in [0.05, 0.1) is 0 Å². The molecular formula is C27H19BrO. The van der Waals surface area contributed by atoms with E-state index in [0.29, 0.717) is 0 Å². The van der Waals surface area contributed by atoms with Gasteiger partial charge in [0.15, 0.2) is 0 Å². The second-order valence-electron chi connectivity index (χ2n) is 8.38. The fourth-order valence-corrected chi connectivity index (χ4v) is 5.17. The topological polar surface area (TPSA) is 13.1 Å². The smallest absolute Gasteiger partial charge is 0.135 e. The standard InChI is InChI=1S/C27H19BrO/c1-27(2)23-6-4-3-5-19(23)20-10-7-17(14-24(20)27)16-8-11-25-21(13-16)22-15-18(28)9-12-26(22)29-25/h3-15H,1-2H3. The second-order valence-corrected chi connectivity index (χ2v) is 9.30. The van der Waals surface area contributed by atoms with E-state index in [1.807, 2.05) is 12.1 Å². The lowest BCUT2D eigenvalue weighted by Crippen LogP contribution is -2.14. The molecule has 0 aliphatic heterocycles. The zero-order chi connectivity index (χ0) is 19.8. The first-order valence-electron chi connectivity index (χ1n) is 9.89. The number of halogens is 1. The van der Waals surface area contributed by atoms with Gasteiger partial charge < -0.3 is 4.42 Å². The van der Waals surface area contributed by atoms with Crippen LogP contribution in [-0.4, -0.2) is 0 Å². The molecular weight excluding hydrogens is 420 g/mol. The van der Waals surface area contributed by atoms with Crippen molar-refractivity contribution in [1.82, 2.24) is 0 Å². The monoisotopic (exact) mass is 438 g/mol. The molecule has 1 aromatic heterocycles. The lowest BCUT2D eigenvalue weighted by molar-refractivity contribution is 0.660. The molecule has 5 aromatic rings. The zero-order valence-corrected chi connectivity index (χ0v) is 17.9. The fraction of sp³-hybridized carbons (Fsp3) is 0.111. The van der Waals surface area contributed by atoms with Gasteiger partial charge in [0.25, 0.3) is 0 Å². The summed E-state index contributed by atoms with van der Waals surface area (Å²) in [7, 11) is 0. The van der Waals surface area contributed by atoms with Crippen LogP contribution in [0.4, 0.5) is 0 Å². The zero-order valence-electron chi connectivity index (χ0n) is 16.3. The molecule has 0 spiro atoms. The second kappa shape index (κ2) is 5.84. The Bertz CT molecular complexity index is 1440. The van der Waals surface area contributed by atoms with Crippen molar-refractivity contribution in [2.24, 2.45) is 0 Å². The first kappa shape index (κ1) is 17.1.